The standard InChI is InChI=1S/C7H13NO4/c1-3-11-6(7(8)10)4-12-5(2)9/h6H,3-4H2,1-2H3,(H2,8,10). The van der Waals surface area contributed by atoms with Crippen LogP contribution in [0.3, 0.4) is 0 Å². The van der Waals surface area contributed by atoms with Crippen LogP contribution in [0.15, 0.2) is 0 Å². The van der Waals surface area contributed by atoms with Crippen molar-refractivity contribution in [3.8, 4) is 0 Å². The van der Waals surface area contributed by atoms with Gasteiger partial charge in [-0.2, -0.15) is 0 Å². The normalized spacial score (nSPS) is 12.2. The Hall–Kier alpha value is -1.10. The first-order chi connectivity index (χ1) is 5.57. The van der Waals surface area contributed by atoms with Crippen LogP contribution in [-0.2, 0) is 19.1 Å². The molecule has 1 atom stereocenters. The highest BCUT2D eigenvalue weighted by Crippen LogP contribution is 1.92. The molecule has 0 heterocycles. The molecular formula is C7H13NO4. The van der Waals surface area contributed by atoms with E-state index in [2.05, 4.69) is 4.74 Å². The van der Waals surface area contributed by atoms with Gasteiger partial charge in [-0.3, -0.25) is 9.59 Å². The maximum atomic E-state index is 10.6. The van der Waals surface area contributed by atoms with E-state index in [0.29, 0.717) is 6.61 Å². The molecule has 0 aromatic carbocycles. The predicted molar refractivity (Wildman–Crippen MR) is 41.2 cm³/mol. The molecule has 0 rings (SSSR count). The van der Waals surface area contributed by atoms with Crippen LogP contribution in [0.5, 0.6) is 0 Å². The lowest BCUT2D eigenvalue weighted by molar-refractivity contribution is -0.148. The summed E-state index contributed by atoms with van der Waals surface area (Å²) >= 11 is 0. The highest BCUT2D eigenvalue weighted by molar-refractivity contribution is 5.79. The van der Waals surface area contributed by atoms with Crippen LogP contribution >= 0.6 is 0 Å². The molecule has 0 aliphatic heterocycles. The number of carbonyl (C=O) groups is 2. The summed E-state index contributed by atoms with van der Waals surface area (Å²) in [7, 11) is 0. The molecule has 0 aromatic rings. The molecular weight excluding hydrogens is 162 g/mol. The second-order valence-corrected chi connectivity index (χ2v) is 2.15. The fourth-order valence-electron chi connectivity index (χ4n) is 0.607. The van der Waals surface area contributed by atoms with E-state index in [1.165, 1.54) is 6.92 Å². The number of ether oxygens (including phenoxy) is 2. The van der Waals surface area contributed by atoms with Gasteiger partial charge in [0.1, 0.15) is 6.61 Å². The summed E-state index contributed by atoms with van der Waals surface area (Å²) < 4.78 is 9.46. The van der Waals surface area contributed by atoms with Crippen LogP contribution < -0.4 is 5.73 Å². The summed E-state index contributed by atoms with van der Waals surface area (Å²) in [5.41, 5.74) is 4.95. The number of primary amides is 1. The summed E-state index contributed by atoms with van der Waals surface area (Å²) in [6, 6.07) is 0. The highest BCUT2D eigenvalue weighted by atomic mass is 16.6. The Kier molecular flexibility index (Phi) is 5.03. The average Bonchev–Trinajstić information content (AvgIpc) is 1.96. The minimum Gasteiger partial charge on any atom is -0.463 e. The maximum Gasteiger partial charge on any atom is 0.302 e. The fourth-order valence-corrected chi connectivity index (χ4v) is 0.607. The Morgan fingerprint density at radius 3 is 2.42 bits per heavy atom. The molecule has 0 aliphatic carbocycles. The van der Waals surface area contributed by atoms with E-state index in [9.17, 15) is 9.59 Å². The van der Waals surface area contributed by atoms with Crippen LogP contribution in [-0.4, -0.2) is 31.2 Å². The van der Waals surface area contributed by atoms with E-state index in [4.69, 9.17) is 10.5 Å². The van der Waals surface area contributed by atoms with Crippen molar-refractivity contribution < 1.29 is 19.1 Å². The molecule has 0 fully saturated rings. The minimum atomic E-state index is -0.834. The van der Waals surface area contributed by atoms with Crippen molar-refractivity contribution in [1.29, 1.82) is 0 Å². The first-order valence-corrected chi connectivity index (χ1v) is 3.62. The van der Waals surface area contributed by atoms with Gasteiger partial charge in [-0.15, -0.1) is 0 Å². The molecule has 0 bridgehead atoms. The van der Waals surface area contributed by atoms with E-state index in [1.807, 2.05) is 0 Å². The third-order valence-electron chi connectivity index (χ3n) is 1.12. The van der Waals surface area contributed by atoms with Crippen molar-refractivity contribution in [1.82, 2.24) is 0 Å². The molecule has 0 saturated carbocycles. The van der Waals surface area contributed by atoms with Gasteiger partial charge in [0.25, 0.3) is 0 Å². The van der Waals surface area contributed by atoms with Crippen LogP contribution in [0, 0.1) is 0 Å². The Bertz CT molecular complexity index is 169. The first-order valence-electron chi connectivity index (χ1n) is 3.62. The van der Waals surface area contributed by atoms with Crippen LogP contribution in [0.25, 0.3) is 0 Å². The summed E-state index contributed by atoms with van der Waals surface area (Å²) in [4.78, 5) is 21.0. The largest absolute Gasteiger partial charge is 0.463 e. The van der Waals surface area contributed by atoms with E-state index in [-0.39, 0.29) is 6.61 Å². The molecule has 5 heteroatoms. The SMILES string of the molecule is CCOC(COC(C)=O)C(N)=O. The number of hydrogen-bond donors (Lipinski definition) is 1. The number of carbonyl (C=O) groups excluding carboxylic acids is 2. The molecule has 0 spiro atoms. The van der Waals surface area contributed by atoms with Gasteiger partial charge in [0.15, 0.2) is 6.10 Å². The van der Waals surface area contributed by atoms with Crippen molar-refractivity contribution in [2.75, 3.05) is 13.2 Å². The highest BCUT2D eigenvalue weighted by Gasteiger charge is 2.16. The summed E-state index contributed by atoms with van der Waals surface area (Å²) in [5, 5.41) is 0. The molecule has 0 radical (unpaired) electrons. The molecule has 0 aliphatic rings. The van der Waals surface area contributed by atoms with E-state index in [0.717, 1.165) is 0 Å². The monoisotopic (exact) mass is 175 g/mol. The topological polar surface area (TPSA) is 78.6 Å². The van der Waals surface area contributed by atoms with Crippen molar-refractivity contribution in [2.45, 2.75) is 20.0 Å². The second-order valence-electron chi connectivity index (χ2n) is 2.15. The average molecular weight is 175 g/mol. The van der Waals surface area contributed by atoms with Crippen LogP contribution in [0.1, 0.15) is 13.8 Å². The van der Waals surface area contributed by atoms with Gasteiger partial charge in [-0.1, -0.05) is 0 Å². The Morgan fingerprint density at radius 1 is 1.50 bits per heavy atom. The summed E-state index contributed by atoms with van der Waals surface area (Å²) in [6.07, 6.45) is -0.834. The van der Waals surface area contributed by atoms with Crippen molar-refractivity contribution in [3.05, 3.63) is 0 Å². The summed E-state index contributed by atoms with van der Waals surface area (Å²) in [6.45, 7) is 3.22. The maximum absolute atomic E-state index is 10.6. The molecule has 0 saturated heterocycles. The summed E-state index contributed by atoms with van der Waals surface area (Å²) in [5.74, 6) is -1.08. The van der Waals surface area contributed by atoms with Crippen molar-refractivity contribution in [3.63, 3.8) is 0 Å². The van der Waals surface area contributed by atoms with E-state index >= 15 is 0 Å². The second kappa shape index (κ2) is 5.54. The van der Waals surface area contributed by atoms with Gasteiger partial charge in [0, 0.05) is 13.5 Å². The Balaban J connectivity index is 3.79. The molecule has 1 amide bonds. The zero-order valence-corrected chi connectivity index (χ0v) is 7.20. The lowest BCUT2D eigenvalue weighted by Gasteiger charge is -2.12. The zero-order valence-electron chi connectivity index (χ0n) is 7.20. The third-order valence-corrected chi connectivity index (χ3v) is 1.12. The lowest BCUT2D eigenvalue weighted by Crippen LogP contribution is -2.35. The third kappa shape index (κ3) is 4.68. The van der Waals surface area contributed by atoms with Gasteiger partial charge < -0.3 is 15.2 Å². The van der Waals surface area contributed by atoms with E-state index < -0.39 is 18.0 Å². The first kappa shape index (κ1) is 10.9. The predicted octanol–water partition coefficient (Wildman–Crippen LogP) is -0.560. The van der Waals surface area contributed by atoms with Crippen LogP contribution in [0.2, 0.25) is 0 Å². The number of amides is 1. The number of rotatable bonds is 5. The van der Waals surface area contributed by atoms with Crippen molar-refractivity contribution in [2.24, 2.45) is 5.73 Å². The fraction of sp³-hybridized carbons (Fsp3) is 0.714. The molecule has 0 aromatic heterocycles. The van der Waals surface area contributed by atoms with Gasteiger partial charge in [0.2, 0.25) is 5.91 Å². The van der Waals surface area contributed by atoms with Gasteiger partial charge in [-0.25, -0.2) is 0 Å². The number of hydrogen-bond acceptors (Lipinski definition) is 4. The number of nitrogens with two attached hydrogens (primary N) is 1. The Labute approximate surface area is 70.8 Å². The molecule has 70 valence electrons. The minimum absolute atomic E-state index is 0.113. The van der Waals surface area contributed by atoms with Gasteiger partial charge in [-0.05, 0) is 6.92 Å². The van der Waals surface area contributed by atoms with Gasteiger partial charge >= 0.3 is 5.97 Å². The number of esters is 1. The van der Waals surface area contributed by atoms with Crippen LogP contribution in [0.4, 0.5) is 0 Å². The molecule has 1 unspecified atom stereocenters. The Morgan fingerprint density at radius 2 is 2.08 bits per heavy atom. The van der Waals surface area contributed by atoms with E-state index in [1.54, 1.807) is 6.92 Å². The molecule has 2 N–H and O–H groups in total. The van der Waals surface area contributed by atoms with Crippen molar-refractivity contribution >= 4 is 11.9 Å². The lowest BCUT2D eigenvalue weighted by atomic mass is 10.3. The smallest absolute Gasteiger partial charge is 0.302 e. The quantitative estimate of drug-likeness (QED) is 0.568. The van der Waals surface area contributed by atoms with Gasteiger partial charge in [0.05, 0.1) is 0 Å². The zero-order chi connectivity index (χ0) is 9.56. The molecule has 12 heavy (non-hydrogen) atoms. The molecule has 5 nitrogen and oxygen atoms in total.